The molecule has 0 aliphatic heterocycles. The van der Waals surface area contributed by atoms with Crippen LogP contribution in [0.3, 0.4) is 0 Å². The maximum Gasteiger partial charge on any atom is 0.309 e. The van der Waals surface area contributed by atoms with Crippen LogP contribution >= 0.6 is 0 Å². The van der Waals surface area contributed by atoms with Crippen LogP contribution in [-0.2, 0) is 19.1 Å². The van der Waals surface area contributed by atoms with Crippen LogP contribution < -0.4 is 0 Å². The summed E-state index contributed by atoms with van der Waals surface area (Å²) in [7, 11) is 4.15. The lowest BCUT2D eigenvalue weighted by atomic mass is 9.33. The molecule has 4 fully saturated rings. The molecule has 5 aliphatic carbocycles. The van der Waals surface area contributed by atoms with Crippen molar-refractivity contribution in [1.82, 2.24) is 19.8 Å². The molecule has 10 atom stereocenters. The highest BCUT2D eigenvalue weighted by atomic mass is 16.5. The fraction of sp³-hybridized carbons (Fsp3) is 0.812. The second-order valence-electron chi connectivity index (χ2n) is 21.7. The number of aliphatic hydroxyl groups is 1. The van der Waals surface area contributed by atoms with E-state index in [1.807, 2.05) is 6.07 Å². The van der Waals surface area contributed by atoms with Gasteiger partial charge in [-0.3, -0.25) is 19.3 Å². The maximum absolute atomic E-state index is 14.3. The number of Topliss-reactive ketones (excluding diaryl/α,β-unsaturated/α-hetero) is 1. The zero-order chi connectivity index (χ0) is 42.1. The number of aliphatic hydroxyl groups excluding tert-OH is 1. The van der Waals surface area contributed by atoms with E-state index in [1.54, 1.807) is 26.4 Å². The van der Waals surface area contributed by atoms with Gasteiger partial charge in [0.05, 0.1) is 23.6 Å². The monoisotopic (exact) mass is 807 g/mol. The third kappa shape index (κ3) is 7.52. The van der Waals surface area contributed by atoms with Crippen LogP contribution in [-0.4, -0.2) is 93.6 Å². The summed E-state index contributed by atoms with van der Waals surface area (Å²) in [6.45, 7) is 23.9. The van der Waals surface area contributed by atoms with Crippen molar-refractivity contribution in [3.8, 4) is 0 Å². The molecule has 5 aliphatic rings. The van der Waals surface area contributed by atoms with Crippen LogP contribution in [0.2, 0.25) is 0 Å². The minimum atomic E-state index is -1.17. The van der Waals surface area contributed by atoms with Gasteiger partial charge in [0.1, 0.15) is 12.4 Å². The molecular formula is C48H78N4O6. The van der Waals surface area contributed by atoms with Gasteiger partial charge in [-0.25, -0.2) is 9.97 Å². The molecule has 0 bridgehead atoms. The number of hydrogen-bond acceptors (Lipinski definition) is 9. The molecule has 1 heterocycles. The topological polar surface area (TPSA) is 133 Å². The number of aromatic nitrogens is 2. The van der Waals surface area contributed by atoms with E-state index in [4.69, 9.17) is 4.74 Å². The number of carbonyl (C=O) groups excluding carboxylic acids is 2. The van der Waals surface area contributed by atoms with Crippen molar-refractivity contribution < 1.29 is 29.3 Å². The van der Waals surface area contributed by atoms with Crippen molar-refractivity contribution in [3.63, 3.8) is 0 Å². The van der Waals surface area contributed by atoms with Crippen LogP contribution in [0.4, 0.5) is 0 Å². The number of aliphatic carboxylic acids is 1. The number of carboxylic acid groups (broad SMARTS) is 1. The Morgan fingerprint density at radius 3 is 2.24 bits per heavy atom. The highest BCUT2D eigenvalue weighted by Crippen LogP contribution is 2.77. The smallest absolute Gasteiger partial charge is 0.309 e. The SMILES string of the molecule is C.CC(C)C1=C2[C@H]3CC[C@@H]4[C@@]5(C)CC[C@H](OC(=O)CC(C)(C)C(=O)O)C(C)(C)[C@@H]5CC[C@@]4(C)[C@]3(C)CC[C@@]2([C@@H](O)CN(CCN(C)C)[C@H](C)c2ccncn2)CC1=O. The van der Waals surface area contributed by atoms with Crippen LogP contribution in [0.5, 0.6) is 0 Å². The van der Waals surface area contributed by atoms with Gasteiger partial charge in [-0.1, -0.05) is 61.5 Å². The number of nitrogens with zero attached hydrogens (tertiary/aromatic N) is 4. The minimum Gasteiger partial charge on any atom is -0.481 e. The predicted molar refractivity (Wildman–Crippen MR) is 229 cm³/mol. The zero-order valence-corrected chi connectivity index (χ0v) is 37.3. The van der Waals surface area contributed by atoms with Crippen LogP contribution in [0.15, 0.2) is 29.7 Å². The summed E-state index contributed by atoms with van der Waals surface area (Å²) in [6, 6.07) is 1.94. The summed E-state index contributed by atoms with van der Waals surface area (Å²) in [5.74, 6) is -0.0362. The second kappa shape index (κ2) is 16.3. The summed E-state index contributed by atoms with van der Waals surface area (Å²) >= 11 is 0. The van der Waals surface area contributed by atoms with Crippen molar-refractivity contribution in [2.24, 2.45) is 56.2 Å². The van der Waals surface area contributed by atoms with Crippen molar-refractivity contribution in [3.05, 3.63) is 35.4 Å². The van der Waals surface area contributed by atoms with Gasteiger partial charge in [-0.05, 0) is 138 Å². The lowest BCUT2D eigenvalue weighted by Crippen LogP contribution is -2.66. The molecule has 0 saturated heterocycles. The van der Waals surface area contributed by atoms with Gasteiger partial charge >= 0.3 is 11.9 Å². The molecule has 0 radical (unpaired) electrons. The number of ketones is 1. The highest BCUT2D eigenvalue weighted by molar-refractivity contribution is 6.00. The fourth-order valence-corrected chi connectivity index (χ4v) is 13.8. The molecule has 10 nitrogen and oxygen atoms in total. The molecule has 4 saturated carbocycles. The summed E-state index contributed by atoms with van der Waals surface area (Å²) in [5, 5.41) is 22.4. The molecule has 0 amide bonds. The molecular weight excluding hydrogens is 729 g/mol. The molecule has 10 heteroatoms. The lowest BCUT2D eigenvalue weighted by Gasteiger charge is -2.72. The van der Waals surface area contributed by atoms with E-state index in [-0.39, 0.29) is 65.3 Å². The van der Waals surface area contributed by atoms with Gasteiger partial charge in [0.2, 0.25) is 0 Å². The number of carboxylic acids is 1. The summed E-state index contributed by atoms with van der Waals surface area (Å²) in [4.78, 5) is 52.6. The molecule has 0 spiro atoms. The number of fused-ring (bicyclic) bond motifs is 7. The van der Waals surface area contributed by atoms with Crippen molar-refractivity contribution in [2.75, 3.05) is 33.7 Å². The Morgan fingerprint density at radius 1 is 0.948 bits per heavy atom. The average Bonchev–Trinajstić information content (AvgIpc) is 3.44. The molecule has 0 unspecified atom stereocenters. The Balaban J connectivity index is 0.00000641. The first-order valence-electron chi connectivity index (χ1n) is 22.0. The van der Waals surface area contributed by atoms with E-state index < -0.39 is 28.9 Å². The third-order valence-electron chi connectivity index (χ3n) is 17.3. The molecule has 2 N–H and O–H groups in total. The lowest BCUT2D eigenvalue weighted by molar-refractivity contribution is -0.235. The van der Waals surface area contributed by atoms with E-state index in [0.29, 0.717) is 24.8 Å². The van der Waals surface area contributed by atoms with Crippen LogP contribution in [0.1, 0.15) is 153 Å². The molecule has 326 valence electrons. The average molecular weight is 807 g/mol. The van der Waals surface area contributed by atoms with E-state index in [9.17, 15) is 24.6 Å². The molecule has 58 heavy (non-hydrogen) atoms. The summed E-state index contributed by atoms with van der Waals surface area (Å²) in [6.07, 6.45) is 10.4. The second-order valence-corrected chi connectivity index (χ2v) is 21.7. The number of likely N-dealkylation sites (N-methyl/N-ethyl adjacent to an activating group) is 1. The predicted octanol–water partition coefficient (Wildman–Crippen LogP) is 8.79. The molecule has 1 aromatic heterocycles. The number of esters is 1. The normalized spacial score (nSPS) is 35.4. The summed E-state index contributed by atoms with van der Waals surface area (Å²) < 4.78 is 6.20. The standard InChI is InChI=1S/C47H74N4O6.CH4/c1-29(2)39-33(52)25-47(36(53)27-51(24-23-50(11)12)30(3)32-17-22-48-28-49-32)21-20-45(9)31(40(39)47)13-14-35-44(8)18-16-37(57-38(54)26-42(4,5)41(55)56)43(6,7)34(44)15-19-46(35,45)10;/h17,22,28-31,34-37,53H,13-16,18-21,23-27H2,1-12H3,(H,55,56);1H4/t30-,31-,34+,35-,36+,37+,44+,45-,46-,47+;/m1./s1. The minimum absolute atomic E-state index is 0. The zero-order valence-electron chi connectivity index (χ0n) is 37.3. The van der Waals surface area contributed by atoms with Crippen molar-refractivity contribution in [1.29, 1.82) is 0 Å². The Labute approximate surface area is 350 Å². The van der Waals surface area contributed by atoms with Gasteiger partial charge in [0, 0.05) is 49.1 Å². The fourth-order valence-electron chi connectivity index (χ4n) is 13.8. The van der Waals surface area contributed by atoms with Gasteiger partial charge in [-0.2, -0.15) is 0 Å². The van der Waals surface area contributed by atoms with Gasteiger partial charge < -0.3 is 19.8 Å². The van der Waals surface area contributed by atoms with Gasteiger partial charge in [0.15, 0.2) is 5.78 Å². The number of ether oxygens (including phenoxy) is 1. The van der Waals surface area contributed by atoms with E-state index in [1.165, 1.54) is 5.57 Å². The number of carbonyl (C=O) groups is 3. The largest absolute Gasteiger partial charge is 0.481 e. The molecule has 6 rings (SSSR count). The first kappa shape index (κ1) is 46.4. The Morgan fingerprint density at radius 2 is 1.64 bits per heavy atom. The Hall–Kier alpha value is -2.69. The third-order valence-corrected chi connectivity index (χ3v) is 17.3. The highest BCUT2D eigenvalue weighted by Gasteiger charge is 2.71. The van der Waals surface area contributed by atoms with Crippen molar-refractivity contribution in [2.45, 2.75) is 159 Å². The number of hydrogen-bond donors (Lipinski definition) is 2. The van der Waals surface area contributed by atoms with Crippen LogP contribution in [0, 0.1) is 56.2 Å². The Kier molecular flexibility index (Phi) is 13.0. The Bertz CT molecular complexity index is 1720. The number of rotatable bonds is 13. The number of allylic oxidation sites excluding steroid dienone is 1. The summed E-state index contributed by atoms with van der Waals surface area (Å²) in [5.41, 5.74) is 1.24. The maximum atomic E-state index is 14.3. The molecule has 0 aromatic carbocycles. The molecule has 1 aromatic rings. The first-order chi connectivity index (χ1) is 26.5. The van der Waals surface area contributed by atoms with Gasteiger partial charge in [0.25, 0.3) is 0 Å². The quantitative estimate of drug-likeness (QED) is 0.187. The van der Waals surface area contributed by atoms with Crippen LogP contribution in [0.25, 0.3) is 0 Å². The first-order valence-corrected chi connectivity index (χ1v) is 22.0. The van der Waals surface area contributed by atoms with Crippen molar-refractivity contribution >= 4 is 17.7 Å². The van der Waals surface area contributed by atoms with E-state index >= 15 is 0 Å². The van der Waals surface area contributed by atoms with Gasteiger partial charge in [-0.15, -0.1) is 0 Å². The van der Waals surface area contributed by atoms with E-state index in [2.05, 4.69) is 89.3 Å². The van der Waals surface area contributed by atoms with E-state index in [0.717, 1.165) is 75.7 Å².